The molecule has 1 aliphatic heterocycles. The van der Waals surface area contributed by atoms with Crippen LogP contribution in [0.25, 0.3) is 0 Å². The molecule has 1 saturated heterocycles. The highest BCUT2D eigenvalue weighted by atomic mass is 19.1. The number of likely N-dealkylation sites (N-methyl/N-ethyl adjacent to an activating group) is 1. The lowest BCUT2D eigenvalue weighted by atomic mass is 10.0. The van der Waals surface area contributed by atoms with Gasteiger partial charge in [-0.25, -0.2) is 4.39 Å². The van der Waals surface area contributed by atoms with Crippen LogP contribution in [0.3, 0.4) is 0 Å². The van der Waals surface area contributed by atoms with Crippen molar-refractivity contribution in [3.8, 4) is 0 Å². The van der Waals surface area contributed by atoms with E-state index >= 15 is 0 Å². The van der Waals surface area contributed by atoms with Crippen molar-refractivity contribution in [2.45, 2.75) is 26.8 Å². The number of aryl methyl sites for hydroxylation is 1. The molecule has 1 heterocycles. The van der Waals surface area contributed by atoms with Gasteiger partial charge in [0.25, 0.3) is 11.6 Å². The van der Waals surface area contributed by atoms with Gasteiger partial charge in [-0.3, -0.25) is 14.9 Å². The summed E-state index contributed by atoms with van der Waals surface area (Å²) in [6.07, 6.45) is 0. The zero-order valence-corrected chi connectivity index (χ0v) is 17.5. The molecule has 30 heavy (non-hydrogen) atoms. The minimum Gasteiger partial charge on any atom is -0.369 e. The second-order valence-electron chi connectivity index (χ2n) is 7.55. The molecule has 1 fully saturated rings. The molecule has 1 aliphatic rings. The molecule has 0 saturated carbocycles. The Balaban J connectivity index is 1.85. The van der Waals surface area contributed by atoms with Gasteiger partial charge in [-0.15, -0.1) is 0 Å². The van der Waals surface area contributed by atoms with Crippen LogP contribution in [0.2, 0.25) is 0 Å². The maximum Gasteiger partial charge on any atom is 0.285 e. The minimum atomic E-state index is -0.552. The fraction of sp³-hybridized carbons (Fsp3) is 0.409. The highest BCUT2D eigenvalue weighted by molar-refractivity contribution is 5.99. The number of benzene rings is 2. The van der Waals surface area contributed by atoms with Gasteiger partial charge in [0.05, 0.1) is 11.0 Å². The molecule has 0 bridgehead atoms. The first-order chi connectivity index (χ1) is 14.3. The number of hydrogen-bond acceptors (Lipinski definition) is 5. The summed E-state index contributed by atoms with van der Waals surface area (Å²) in [6.45, 7) is 9.95. The average molecular weight is 414 g/mol. The van der Waals surface area contributed by atoms with E-state index in [4.69, 9.17) is 0 Å². The van der Waals surface area contributed by atoms with Crippen LogP contribution in [0.4, 0.5) is 15.8 Å². The number of rotatable bonds is 6. The molecule has 7 nitrogen and oxygen atoms in total. The number of nitrogens with one attached hydrogen (secondary N) is 1. The molecular weight excluding hydrogens is 387 g/mol. The second-order valence-corrected chi connectivity index (χ2v) is 7.55. The first-order valence-corrected chi connectivity index (χ1v) is 10.1. The molecule has 0 spiro atoms. The van der Waals surface area contributed by atoms with E-state index in [0.29, 0.717) is 11.1 Å². The number of nitrogens with zero attached hydrogens (tertiary/aromatic N) is 3. The van der Waals surface area contributed by atoms with E-state index in [1.807, 2.05) is 0 Å². The summed E-state index contributed by atoms with van der Waals surface area (Å²) in [5.74, 6) is -0.938. The topological polar surface area (TPSA) is 78.7 Å². The Morgan fingerprint density at radius 2 is 1.93 bits per heavy atom. The Kier molecular flexibility index (Phi) is 6.66. The number of piperazine rings is 1. The molecule has 1 N–H and O–H groups in total. The second kappa shape index (κ2) is 9.21. The van der Waals surface area contributed by atoms with Gasteiger partial charge in [-0.1, -0.05) is 19.1 Å². The molecule has 1 amide bonds. The largest absolute Gasteiger partial charge is 0.369 e. The van der Waals surface area contributed by atoms with Crippen molar-refractivity contribution in [1.29, 1.82) is 0 Å². The van der Waals surface area contributed by atoms with Gasteiger partial charge in [0, 0.05) is 43.0 Å². The highest BCUT2D eigenvalue weighted by Gasteiger charge is 2.26. The lowest BCUT2D eigenvalue weighted by Crippen LogP contribution is -2.46. The number of amides is 1. The van der Waals surface area contributed by atoms with Crippen molar-refractivity contribution in [2.75, 3.05) is 37.6 Å². The minimum absolute atomic E-state index is 0.00126. The highest BCUT2D eigenvalue weighted by Crippen LogP contribution is 2.30. The first kappa shape index (κ1) is 21.7. The van der Waals surface area contributed by atoms with Crippen LogP contribution < -0.4 is 10.2 Å². The van der Waals surface area contributed by atoms with Crippen molar-refractivity contribution >= 4 is 17.3 Å². The van der Waals surface area contributed by atoms with Gasteiger partial charge in [-0.2, -0.15) is 0 Å². The van der Waals surface area contributed by atoms with Crippen molar-refractivity contribution in [1.82, 2.24) is 10.2 Å². The van der Waals surface area contributed by atoms with Crippen molar-refractivity contribution < 1.29 is 14.1 Å². The third-order valence-corrected chi connectivity index (χ3v) is 5.63. The van der Waals surface area contributed by atoms with Crippen molar-refractivity contribution in [2.24, 2.45) is 0 Å². The van der Waals surface area contributed by atoms with Crippen LogP contribution in [0.15, 0.2) is 36.4 Å². The van der Waals surface area contributed by atoms with Gasteiger partial charge < -0.3 is 15.1 Å². The Morgan fingerprint density at radius 3 is 2.57 bits per heavy atom. The Hall–Kier alpha value is -3.00. The Bertz CT molecular complexity index is 942. The lowest BCUT2D eigenvalue weighted by molar-refractivity contribution is -0.385. The third kappa shape index (κ3) is 4.59. The summed E-state index contributed by atoms with van der Waals surface area (Å²) >= 11 is 0. The third-order valence-electron chi connectivity index (χ3n) is 5.63. The molecule has 2 aromatic rings. The van der Waals surface area contributed by atoms with Gasteiger partial charge in [0.15, 0.2) is 0 Å². The molecular formula is C22H27FN4O3. The van der Waals surface area contributed by atoms with Crippen molar-refractivity contribution in [3.63, 3.8) is 0 Å². The molecule has 0 aromatic heterocycles. The summed E-state index contributed by atoms with van der Waals surface area (Å²) in [5, 5.41) is 14.2. The molecule has 1 unspecified atom stereocenters. The fourth-order valence-electron chi connectivity index (χ4n) is 3.90. The zero-order chi connectivity index (χ0) is 21.8. The summed E-state index contributed by atoms with van der Waals surface area (Å²) in [6, 6.07) is 8.71. The number of para-hydroxylation sites is 1. The number of hydrogen-bond donors (Lipinski definition) is 1. The van der Waals surface area contributed by atoms with Gasteiger partial charge >= 0.3 is 0 Å². The predicted molar refractivity (Wildman–Crippen MR) is 114 cm³/mol. The zero-order valence-electron chi connectivity index (χ0n) is 17.5. The van der Waals surface area contributed by atoms with Gasteiger partial charge in [0.2, 0.25) is 0 Å². The smallest absolute Gasteiger partial charge is 0.285 e. The number of nitro groups is 1. The van der Waals surface area contributed by atoms with Crippen LogP contribution in [0, 0.1) is 22.9 Å². The summed E-state index contributed by atoms with van der Waals surface area (Å²) in [5.41, 5.74) is 1.74. The quantitative estimate of drug-likeness (QED) is 0.576. The van der Waals surface area contributed by atoms with Crippen LogP contribution in [-0.2, 0) is 0 Å². The van der Waals surface area contributed by atoms with E-state index in [2.05, 4.69) is 22.0 Å². The van der Waals surface area contributed by atoms with Crippen LogP contribution >= 0.6 is 0 Å². The monoisotopic (exact) mass is 414 g/mol. The van der Waals surface area contributed by atoms with E-state index in [0.717, 1.165) is 38.4 Å². The number of halogens is 1. The molecule has 160 valence electrons. The molecule has 0 radical (unpaired) electrons. The van der Waals surface area contributed by atoms with Crippen molar-refractivity contribution in [3.05, 3.63) is 69.0 Å². The number of carbonyl (C=O) groups is 1. The number of carbonyl (C=O) groups excluding carboxylic acids is 1. The standard InChI is InChI=1S/C22H27FN4O3/c1-4-25-10-12-26(13-11-25)20-9-8-17(23)14-19(20)16(3)24-22(28)18-7-5-6-15(2)21(18)27(29)30/h5-9,14,16H,4,10-13H2,1-3H3,(H,24,28). The summed E-state index contributed by atoms with van der Waals surface area (Å²) in [4.78, 5) is 28.3. The van der Waals surface area contributed by atoms with E-state index in [1.165, 1.54) is 18.2 Å². The van der Waals surface area contributed by atoms with Crippen LogP contribution in [0.5, 0.6) is 0 Å². The van der Waals surface area contributed by atoms with E-state index in [-0.39, 0.29) is 17.1 Å². The maximum atomic E-state index is 14.0. The SMILES string of the molecule is CCN1CCN(c2ccc(F)cc2C(C)NC(=O)c2cccc(C)c2[N+](=O)[O-])CC1. The predicted octanol–water partition coefficient (Wildman–Crippen LogP) is 3.68. The van der Waals surface area contributed by atoms with E-state index < -0.39 is 16.9 Å². The normalized spacial score (nSPS) is 15.7. The Labute approximate surface area is 175 Å². The number of anilines is 1. The molecule has 3 rings (SSSR count). The summed E-state index contributed by atoms with van der Waals surface area (Å²) in [7, 11) is 0. The summed E-state index contributed by atoms with van der Waals surface area (Å²) < 4.78 is 14.0. The maximum absolute atomic E-state index is 14.0. The molecule has 0 aliphatic carbocycles. The Morgan fingerprint density at radius 1 is 1.23 bits per heavy atom. The van der Waals surface area contributed by atoms with Crippen LogP contribution in [-0.4, -0.2) is 48.5 Å². The number of nitro benzene ring substituents is 1. The van der Waals surface area contributed by atoms with Gasteiger partial charge in [0.1, 0.15) is 11.4 Å². The fourth-order valence-corrected chi connectivity index (χ4v) is 3.90. The van der Waals surface area contributed by atoms with Crippen LogP contribution in [0.1, 0.15) is 41.4 Å². The molecule has 1 atom stereocenters. The first-order valence-electron chi connectivity index (χ1n) is 10.1. The molecule has 2 aromatic carbocycles. The average Bonchev–Trinajstić information content (AvgIpc) is 2.73. The van der Waals surface area contributed by atoms with E-state index in [9.17, 15) is 19.3 Å². The van der Waals surface area contributed by atoms with Gasteiger partial charge in [-0.05, 0) is 44.7 Å². The molecule has 8 heteroatoms. The lowest BCUT2D eigenvalue weighted by Gasteiger charge is -2.37. The van der Waals surface area contributed by atoms with E-state index in [1.54, 1.807) is 32.0 Å².